The van der Waals surface area contributed by atoms with Gasteiger partial charge in [0.1, 0.15) is 31.2 Å². The molecule has 3 aliphatic rings. The SMILES string of the molecule is F[S-](=S)=S123S[P+]1(S2)S3. The molecule has 0 bridgehead atoms. The molecule has 0 N–H and O–H groups in total. The van der Waals surface area contributed by atoms with Gasteiger partial charge in [-0.3, -0.25) is 0 Å². The second-order valence-corrected chi connectivity index (χ2v) is 40.2. The van der Waals surface area contributed by atoms with Crippen molar-refractivity contribution in [1.82, 2.24) is 0 Å². The van der Waals surface area contributed by atoms with Crippen LogP contribution in [0.4, 0.5) is 3.89 Å². The summed E-state index contributed by atoms with van der Waals surface area (Å²) >= 11 is 4.64. The molecule has 0 spiro atoms. The lowest BCUT2D eigenvalue weighted by Crippen LogP contribution is -1.77. The van der Waals surface area contributed by atoms with Gasteiger partial charge in [0, 0.05) is 0 Å². The van der Waals surface area contributed by atoms with E-state index in [9.17, 15) is 3.89 Å². The van der Waals surface area contributed by atoms with Crippen LogP contribution in [0.25, 0.3) is 0 Å². The maximum atomic E-state index is 12.6. The lowest BCUT2D eigenvalue weighted by Gasteiger charge is -2.02. The van der Waals surface area contributed by atoms with Crippen molar-refractivity contribution in [3.05, 3.63) is 0 Å². The monoisotopic (exact) mass is 242 g/mol. The van der Waals surface area contributed by atoms with E-state index in [1.165, 1.54) is 0 Å². The summed E-state index contributed by atoms with van der Waals surface area (Å²) in [4.78, 5) is 0. The Balaban J connectivity index is 2.64. The summed E-state index contributed by atoms with van der Waals surface area (Å²) in [6.45, 7) is 0. The van der Waals surface area contributed by atoms with Crippen molar-refractivity contribution in [3.8, 4) is 0 Å². The quantitative estimate of drug-likeness (QED) is 0.210. The lowest BCUT2D eigenvalue weighted by atomic mass is 18.9. The Labute approximate surface area is 62.6 Å². The van der Waals surface area contributed by atoms with Gasteiger partial charge >= 0.3 is 0 Å². The Morgan fingerprint density at radius 3 is 1.88 bits per heavy atom. The van der Waals surface area contributed by atoms with Crippen LogP contribution in [0.15, 0.2) is 0 Å². The zero-order valence-electron chi connectivity index (χ0n) is 3.27. The lowest BCUT2D eigenvalue weighted by molar-refractivity contribution is 0.948. The second kappa shape index (κ2) is 1.09. The van der Waals surface area contributed by atoms with Gasteiger partial charge in [0.25, 0.3) is 4.07 Å². The molecule has 0 aromatic heterocycles. The Morgan fingerprint density at radius 1 is 1.50 bits per heavy atom. The first kappa shape index (κ1) is 5.91. The Hall–Kier alpha value is 2.33. The molecule has 3 fully saturated rings. The van der Waals surface area contributed by atoms with Crippen LogP contribution in [0.3, 0.4) is 0 Å². The van der Waals surface area contributed by atoms with E-state index in [-0.39, 0.29) is 0 Å². The average molecular weight is 242 g/mol. The minimum absolute atomic E-state index is 0.622. The van der Waals surface area contributed by atoms with E-state index >= 15 is 0 Å². The van der Waals surface area contributed by atoms with E-state index in [2.05, 4.69) is 11.2 Å². The molecule has 0 atom stereocenters. The standard InChI is InChI=1S/FPS6/c1-7(3)8-2(4-8,5-8)6-8. The smallest absolute Gasteiger partial charge is 0.274 e. The Bertz CT molecular complexity index is 288. The van der Waals surface area contributed by atoms with E-state index in [1.807, 2.05) is 31.2 Å². The number of rotatable bonds is 0. The van der Waals surface area contributed by atoms with E-state index in [4.69, 9.17) is 0 Å². The van der Waals surface area contributed by atoms with Crippen LogP contribution in [0.1, 0.15) is 0 Å². The zero-order valence-corrected chi connectivity index (χ0v) is 9.07. The van der Waals surface area contributed by atoms with Crippen LogP contribution >= 0.6 is 35.3 Å². The molecule has 0 nitrogen and oxygen atoms in total. The molecule has 3 aliphatic heterocycles. The first-order chi connectivity index (χ1) is 3.65. The molecular weight excluding hydrogens is 242 g/mol. The van der Waals surface area contributed by atoms with Gasteiger partial charge in [-0.2, -0.15) is 8.40 Å². The minimum Gasteiger partial charge on any atom is -0.359 e. The highest BCUT2D eigenvalue weighted by atomic mass is 34.9. The summed E-state index contributed by atoms with van der Waals surface area (Å²) in [5.41, 5.74) is 0. The van der Waals surface area contributed by atoms with Gasteiger partial charge in [-0.15, -0.1) is 0 Å². The Kier molecular flexibility index (Phi) is 0.809. The zero-order chi connectivity index (χ0) is 5.65. The molecule has 3 rings (SSSR count). The van der Waals surface area contributed by atoms with E-state index in [0.29, 0.717) is 0 Å². The predicted octanol–water partition coefficient (Wildman–Crippen LogP) is 3.22. The fraction of sp³-hybridized carbons (Fsp3) is 0. The molecule has 0 unspecified atom stereocenters. The molecule has 3 saturated heterocycles. The fourth-order valence-electron chi connectivity index (χ4n) is 0.577. The molecular formula is FPS6. The third-order valence-electron chi connectivity index (χ3n) is 1.17. The second-order valence-electron chi connectivity index (χ2n) is 1.57. The van der Waals surface area contributed by atoms with Gasteiger partial charge < -0.3 is 3.89 Å². The van der Waals surface area contributed by atoms with E-state index in [1.54, 1.807) is 0 Å². The van der Waals surface area contributed by atoms with Crippen LogP contribution in [0, 0.1) is 0 Å². The van der Waals surface area contributed by atoms with Gasteiger partial charge in [-0.05, 0) is 0 Å². The first-order valence-electron chi connectivity index (χ1n) is 1.72. The van der Waals surface area contributed by atoms with Crippen molar-refractivity contribution in [1.29, 1.82) is 0 Å². The molecule has 0 aliphatic carbocycles. The summed E-state index contributed by atoms with van der Waals surface area (Å²) in [7, 11) is 4.68. The highest BCUT2D eigenvalue weighted by Crippen LogP contribution is 3.59. The van der Waals surface area contributed by atoms with Crippen molar-refractivity contribution in [2.75, 3.05) is 0 Å². The van der Waals surface area contributed by atoms with Crippen molar-refractivity contribution < 1.29 is 3.89 Å². The molecule has 8 heavy (non-hydrogen) atoms. The summed E-state index contributed by atoms with van der Waals surface area (Å²) in [6.07, 6.45) is 0. The third kappa shape index (κ3) is 0.321. The highest BCUT2D eigenvalue weighted by Gasteiger charge is 3.21. The van der Waals surface area contributed by atoms with E-state index < -0.39 is 16.9 Å². The first-order valence-corrected chi connectivity index (χ1v) is 14.5. The fourth-order valence-corrected chi connectivity index (χ4v) is 114. The topological polar surface area (TPSA) is 0 Å². The molecule has 0 saturated carbocycles. The summed E-state index contributed by atoms with van der Waals surface area (Å²) < 4.78 is 10.6. The molecule has 0 amide bonds. The molecule has 48 valence electrons. The number of halogens is 1. The van der Waals surface area contributed by atoms with Crippen LogP contribution in [0.2, 0.25) is 0 Å². The van der Waals surface area contributed by atoms with Crippen LogP contribution in [-0.2, 0) is 24.0 Å². The maximum Gasteiger partial charge on any atom is 0.274 e. The van der Waals surface area contributed by atoms with Gasteiger partial charge in [0.15, 0.2) is 0 Å². The molecule has 3 heterocycles. The van der Waals surface area contributed by atoms with Crippen molar-refractivity contribution in [2.45, 2.75) is 0 Å². The van der Waals surface area contributed by atoms with Crippen molar-refractivity contribution in [3.63, 3.8) is 0 Å². The van der Waals surface area contributed by atoms with E-state index in [0.717, 1.165) is 0 Å². The highest BCUT2D eigenvalue weighted by molar-refractivity contribution is 10.4. The van der Waals surface area contributed by atoms with Crippen LogP contribution in [0.5, 0.6) is 0 Å². The predicted molar refractivity (Wildman–Crippen MR) is 52.9 cm³/mol. The minimum atomic E-state index is -1.37. The van der Waals surface area contributed by atoms with Gasteiger partial charge in [-0.1, -0.05) is 0 Å². The number of hydrogen-bond donors (Lipinski definition) is 0. The van der Waals surface area contributed by atoms with Gasteiger partial charge in [0.05, 0.1) is 4.44 Å². The largest absolute Gasteiger partial charge is 0.359 e. The summed E-state index contributed by atoms with van der Waals surface area (Å²) in [5.74, 6) is 0. The van der Waals surface area contributed by atoms with Crippen LogP contribution < -0.4 is 0 Å². The number of hydrogen-bond acceptors (Lipinski definition) is 5. The summed E-state index contributed by atoms with van der Waals surface area (Å²) in [6, 6.07) is 0. The average Bonchev–Trinajstić information content (AvgIpc) is 2.02. The summed E-state index contributed by atoms with van der Waals surface area (Å²) in [5, 5.41) is 0. The third-order valence-corrected chi connectivity index (χ3v) is 77.2. The van der Waals surface area contributed by atoms with Crippen molar-refractivity contribution in [2.24, 2.45) is 0 Å². The molecule has 0 aromatic rings. The maximum absolute atomic E-state index is 12.6. The van der Waals surface area contributed by atoms with Crippen LogP contribution in [-0.4, -0.2) is 0 Å². The Morgan fingerprint density at radius 2 is 1.88 bits per heavy atom. The molecule has 0 radical (unpaired) electrons. The molecule has 0 aromatic carbocycles. The normalized spacial score (nSPS) is 62.0. The van der Waals surface area contributed by atoms with Crippen molar-refractivity contribution >= 4 is 59.3 Å². The van der Waals surface area contributed by atoms with Gasteiger partial charge in [-0.25, -0.2) is 11.2 Å². The molecule has 8 heteroatoms. The van der Waals surface area contributed by atoms with Gasteiger partial charge in [0.2, 0.25) is 0 Å².